The van der Waals surface area contributed by atoms with Crippen molar-refractivity contribution in [3.8, 4) is 10.6 Å². The van der Waals surface area contributed by atoms with Gasteiger partial charge in [-0.2, -0.15) is 0 Å². The average Bonchev–Trinajstić information content (AvgIpc) is 3.25. The molecule has 0 bridgehead atoms. The quantitative estimate of drug-likeness (QED) is 0.305. The van der Waals surface area contributed by atoms with Crippen LogP contribution in [0.3, 0.4) is 0 Å². The van der Waals surface area contributed by atoms with Crippen LogP contribution in [0.5, 0.6) is 0 Å². The van der Waals surface area contributed by atoms with Gasteiger partial charge in [0.1, 0.15) is 5.01 Å². The van der Waals surface area contributed by atoms with Crippen molar-refractivity contribution >= 4 is 29.9 Å². The van der Waals surface area contributed by atoms with Gasteiger partial charge in [-0.3, -0.25) is 0 Å². The van der Waals surface area contributed by atoms with E-state index in [1.807, 2.05) is 11.3 Å². The van der Waals surface area contributed by atoms with Crippen molar-refractivity contribution < 1.29 is 0 Å². The molecule has 3 heteroatoms. The summed E-state index contributed by atoms with van der Waals surface area (Å²) in [5, 5.41) is 4.24. The summed E-state index contributed by atoms with van der Waals surface area (Å²) in [5.74, 6) is 0.544. The molecule has 0 fully saturated rings. The molecule has 0 saturated heterocycles. The smallest absolute Gasteiger partial charge is 0.123 e. The molecule has 5 rings (SSSR count). The second kappa shape index (κ2) is 9.07. The van der Waals surface area contributed by atoms with Crippen LogP contribution in [0.15, 0.2) is 78.9 Å². The Hall–Kier alpha value is -2.28. The van der Waals surface area contributed by atoms with Crippen LogP contribution in [0, 0.1) is 13.8 Å². The number of fused-ring (bicyclic) bond motifs is 1. The van der Waals surface area contributed by atoms with Gasteiger partial charge in [-0.05, 0) is 68.9 Å². The van der Waals surface area contributed by atoms with Crippen LogP contribution < -0.4 is 10.6 Å². The number of hydrogen-bond acceptors (Lipinski definition) is 2. The Labute approximate surface area is 191 Å². The van der Waals surface area contributed by atoms with Gasteiger partial charge in [0, 0.05) is 16.4 Å². The van der Waals surface area contributed by atoms with Gasteiger partial charge in [0.15, 0.2) is 0 Å². The first-order valence-electron chi connectivity index (χ1n) is 11.1. The number of thiazole rings is 1. The molecule has 0 N–H and O–H groups in total. The van der Waals surface area contributed by atoms with Crippen molar-refractivity contribution in [1.82, 2.24) is 4.98 Å². The second-order valence-electron chi connectivity index (χ2n) is 8.47. The maximum absolute atomic E-state index is 5.22. The number of nitrogens with zero attached hydrogens (tertiary/aromatic N) is 1. The van der Waals surface area contributed by atoms with E-state index in [-0.39, 0.29) is 0 Å². The predicted molar refractivity (Wildman–Crippen MR) is 137 cm³/mol. The number of hydrogen-bond donors (Lipinski definition) is 0. The summed E-state index contributed by atoms with van der Waals surface area (Å²) in [7, 11) is -0.420. The molecule has 1 aliphatic carbocycles. The maximum Gasteiger partial charge on any atom is 0.123 e. The molecule has 156 valence electrons. The summed E-state index contributed by atoms with van der Waals surface area (Å²) in [6.07, 6.45) is 4.90. The fraction of sp³-hybridized carbons (Fsp3) is 0.250. The first-order valence-corrected chi connectivity index (χ1v) is 13.5. The largest absolute Gasteiger partial charge is 0.241 e. The third kappa shape index (κ3) is 4.25. The van der Waals surface area contributed by atoms with E-state index in [4.69, 9.17) is 4.98 Å². The normalized spacial score (nSPS) is 15.8. The zero-order chi connectivity index (χ0) is 21.2. The fourth-order valence-corrected chi connectivity index (χ4v) is 8.85. The first-order chi connectivity index (χ1) is 15.2. The zero-order valence-corrected chi connectivity index (χ0v) is 19.9. The molecule has 0 spiro atoms. The molecule has 0 radical (unpaired) electrons. The molecule has 0 amide bonds. The second-order valence-corrected chi connectivity index (χ2v) is 11.7. The summed E-state index contributed by atoms with van der Waals surface area (Å²) < 4.78 is 0. The van der Waals surface area contributed by atoms with Crippen molar-refractivity contribution in [2.24, 2.45) is 0 Å². The minimum atomic E-state index is -0.420. The van der Waals surface area contributed by atoms with Gasteiger partial charge in [0.2, 0.25) is 0 Å². The van der Waals surface area contributed by atoms with Crippen LogP contribution in [-0.2, 0) is 6.42 Å². The van der Waals surface area contributed by atoms with E-state index in [0.717, 1.165) is 0 Å². The molecular weight excluding hydrogens is 413 g/mol. The zero-order valence-electron chi connectivity index (χ0n) is 18.2. The van der Waals surface area contributed by atoms with Crippen molar-refractivity contribution in [3.05, 3.63) is 101 Å². The van der Waals surface area contributed by atoms with E-state index < -0.39 is 7.92 Å². The topological polar surface area (TPSA) is 12.9 Å². The third-order valence-corrected chi connectivity index (χ3v) is 10.5. The summed E-state index contributed by atoms with van der Waals surface area (Å²) in [6, 6.07) is 28.7. The highest BCUT2D eigenvalue weighted by Gasteiger charge is 2.29. The molecule has 0 saturated carbocycles. The molecule has 0 unspecified atom stereocenters. The molecule has 1 aliphatic rings. The highest BCUT2D eigenvalue weighted by atomic mass is 32.1. The summed E-state index contributed by atoms with van der Waals surface area (Å²) >= 11 is 1.91. The van der Waals surface area contributed by atoms with Crippen LogP contribution in [0.2, 0.25) is 0 Å². The molecule has 0 aliphatic heterocycles. The van der Waals surface area contributed by atoms with Crippen LogP contribution >= 0.6 is 19.3 Å². The molecule has 1 aromatic heterocycles. The van der Waals surface area contributed by atoms with E-state index in [1.54, 1.807) is 0 Å². The Morgan fingerprint density at radius 1 is 0.839 bits per heavy atom. The van der Waals surface area contributed by atoms with E-state index >= 15 is 0 Å². The van der Waals surface area contributed by atoms with Gasteiger partial charge in [-0.15, -0.1) is 11.3 Å². The lowest BCUT2D eigenvalue weighted by molar-refractivity contribution is 0.589. The summed E-state index contributed by atoms with van der Waals surface area (Å²) in [4.78, 5) is 6.73. The van der Waals surface area contributed by atoms with Crippen LogP contribution in [0.4, 0.5) is 0 Å². The Balaban J connectivity index is 1.53. The highest BCUT2D eigenvalue weighted by molar-refractivity contribution is 7.73. The van der Waals surface area contributed by atoms with E-state index in [2.05, 4.69) is 92.7 Å². The molecule has 1 heterocycles. The van der Waals surface area contributed by atoms with Crippen molar-refractivity contribution in [2.75, 3.05) is 6.16 Å². The maximum atomic E-state index is 5.22. The summed E-state index contributed by atoms with van der Waals surface area (Å²) in [5.41, 5.74) is 5.46. The lowest BCUT2D eigenvalue weighted by atomic mass is 9.92. The van der Waals surface area contributed by atoms with E-state index in [9.17, 15) is 0 Å². The number of benzene rings is 3. The molecule has 3 aromatic carbocycles. The molecule has 4 aromatic rings. The molecule has 1 nitrogen and oxygen atoms in total. The van der Waals surface area contributed by atoms with Crippen molar-refractivity contribution in [2.45, 2.75) is 39.0 Å². The summed E-state index contributed by atoms with van der Waals surface area (Å²) in [6.45, 7) is 4.54. The lowest BCUT2D eigenvalue weighted by Crippen LogP contribution is -2.23. The SMILES string of the molecule is Cc1ccccc1P(C[C@H]1CCCc2sc(-c3ccccc3)nc21)c1ccccc1C. The standard InChI is InChI=1S/C28H28NPS/c1-20-11-6-8-16-24(20)30(25-17-9-7-12-21(25)2)19-23-15-10-18-26-27(23)29-28(31-26)22-13-4-3-5-14-22/h3-9,11-14,16-17,23H,10,15,18-19H2,1-2H3/t23-/m1/s1. The Bertz CT molecular complexity index is 1140. The van der Waals surface area contributed by atoms with Crippen LogP contribution in [0.25, 0.3) is 10.6 Å². The Kier molecular flexibility index (Phi) is 6.03. The average molecular weight is 442 g/mol. The fourth-order valence-electron chi connectivity index (χ4n) is 4.67. The lowest BCUT2D eigenvalue weighted by Gasteiger charge is -2.29. The third-order valence-electron chi connectivity index (χ3n) is 6.31. The molecule has 31 heavy (non-hydrogen) atoms. The molecule has 1 atom stereocenters. The Morgan fingerprint density at radius 3 is 2.10 bits per heavy atom. The van der Waals surface area contributed by atoms with Gasteiger partial charge in [-0.25, -0.2) is 4.98 Å². The number of aryl methyl sites for hydroxylation is 3. The monoisotopic (exact) mass is 441 g/mol. The Morgan fingerprint density at radius 2 is 1.45 bits per heavy atom. The predicted octanol–water partition coefficient (Wildman–Crippen LogP) is 6.98. The van der Waals surface area contributed by atoms with Gasteiger partial charge in [0.05, 0.1) is 5.69 Å². The molecular formula is C28H28NPS. The first kappa shape index (κ1) is 20.6. The van der Waals surface area contributed by atoms with Gasteiger partial charge >= 0.3 is 0 Å². The minimum absolute atomic E-state index is 0.420. The minimum Gasteiger partial charge on any atom is -0.241 e. The van der Waals surface area contributed by atoms with Gasteiger partial charge < -0.3 is 0 Å². The number of rotatable bonds is 5. The van der Waals surface area contributed by atoms with Crippen molar-refractivity contribution in [1.29, 1.82) is 0 Å². The van der Waals surface area contributed by atoms with E-state index in [1.165, 1.54) is 68.3 Å². The van der Waals surface area contributed by atoms with Crippen LogP contribution in [0.1, 0.15) is 40.5 Å². The number of aromatic nitrogens is 1. The van der Waals surface area contributed by atoms with Gasteiger partial charge in [-0.1, -0.05) is 78.9 Å². The van der Waals surface area contributed by atoms with Crippen LogP contribution in [-0.4, -0.2) is 11.1 Å². The van der Waals surface area contributed by atoms with Gasteiger partial charge in [0.25, 0.3) is 0 Å². The van der Waals surface area contributed by atoms with E-state index in [0.29, 0.717) is 5.92 Å². The highest BCUT2D eigenvalue weighted by Crippen LogP contribution is 2.46. The van der Waals surface area contributed by atoms with Crippen molar-refractivity contribution in [3.63, 3.8) is 0 Å².